The predicted octanol–water partition coefficient (Wildman–Crippen LogP) is 6.83. The molecule has 2 amide bonds. The third-order valence-electron chi connectivity index (χ3n) is 5.24. The van der Waals surface area contributed by atoms with Crippen molar-refractivity contribution in [3.63, 3.8) is 0 Å². The number of hydrogen-bond acceptors (Lipinski definition) is 5. The van der Waals surface area contributed by atoms with Crippen LogP contribution < -0.4 is 16.0 Å². The monoisotopic (exact) mass is 559 g/mol. The molecule has 9 heteroatoms. The smallest absolute Gasteiger partial charge is 0.293 e. The third kappa shape index (κ3) is 5.37. The molecule has 0 bridgehead atoms. The van der Waals surface area contributed by atoms with E-state index in [4.69, 9.17) is 21.1 Å². The summed E-state index contributed by atoms with van der Waals surface area (Å²) >= 11 is 8.65. The lowest BCUT2D eigenvalue weighted by molar-refractivity contribution is 0.0950. The van der Waals surface area contributed by atoms with Crippen LogP contribution >= 0.6 is 28.1 Å². The number of carbonyl (C=O) groups excluding carboxylic acids is 2. The van der Waals surface area contributed by atoms with E-state index < -0.39 is 5.91 Å². The van der Waals surface area contributed by atoms with E-state index in [1.807, 2.05) is 48.5 Å². The first-order valence-electron chi connectivity index (χ1n) is 10.8. The van der Waals surface area contributed by atoms with E-state index in [1.54, 1.807) is 42.5 Å². The molecule has 178 valence electrons. The van der Waals surface area contributed by atoms with E-state index >= 15 is 0 Å². The fraction of sp³-hybridized carbons (Fsp3) is 0. The van der Waals surface area contributed by atoms with Gasteiger partial charge in [-0.25, -0.2) is 0 Å². The van der Waals surface area contributed by atoms with Gasteiger partial charge in [0.1, 0.15) is 11.3 Å². The van der Waals surface area contributed by atoms with E-state index in [0.29, 0.717) is 22.7 Å². The van der Waals surface area contributed by atoms with Gasteiger partial charge in [0, 0.05) is 26.8 Å². The van der Waals surface area contributed by atoms with Gasteiger partial charge in [0.15, 0.2) is 16.6 Å². The maximum absolute atomic E-state index is 12.5. The summed E-state index contributed by atoms with van der Waals surface area (Å²) in [5.41, 5.74) is 2.72. The molecule has 2 heterocycles. The summed E-state index contributed by atoms with van der Waals surface area (Å²) in [5, 5.41) is 9.30. The van der Waals surface area contributed by atoms with Gasteiger partial charge in [-0.3, -0.25) is 14.9 Å². The lowest BCUT2D eigenvalue weighted by atomic mass is 10.2. The Morgan fingerprint density at radius 2 is 1.42 bits per heavy atom. The van der Waals surface area contributed by atoms with Crippen molar-refractivity contribution in [1.29, 1.82) is 0 Å². The van der Waals surface area contributed by atoms with Gasteiger partial charge in [-0.1, -0.05) is 46.3 Å². The van der Waals surface area contributed by atoms with Crippen LogP contribution in [0.25, 0.3) is 22.3 Å². The van der Waals surface area contributed by atoms with Crippen molar-refractivity contribution in [2.24, 2.45) is 0 Å². The quantitative estimate of drug-likeness (QED) is 0.204. The van der Waals surface area contributed by atoms with Crippen LogP contribution in [-0.2, 0) is 0 Å². The molecule has 3 N–H and O–H groups in total. The molecular weight excluding hydrogens is 542 g/mol. The van der Waals surface area contributed by atoms with Crippen LogP contribution in [0.3, 0.4) is 0 Å². The highest BCUT2D eigenvalue weighted by molar-refractivity contribution is 9.10. The zero-order valence-corrected chi connectivity index (χ0v) is 21.0. The van der Waals surface area contributed by atoms with Crippen LogP contribution in [0, 0.1) is 0 Å². The molecule has 0 fully saturated rings. The van der Waals surface area contributed by atoms with E-state index in [9.17, 15) is 9.59 Å². The van der Waals surface area contributed by atoms with Crippen molar-refractivity contribution in [3.8, 4) is 11.3 Å². The highest BCUT2D eigenvalue weighted by atomic mass is 79.9. The summed E-state index contributed by atoms with van der Waals surface area (Å²) in [5.74, 6) is 0.122. The fourth-order valence-electron chi connectivity index (χ4n) is 3.48. The number of anilines is 2. The first-order valence-corrected chi connectivity index (χ1v) is 12.0. The van der Waals surface area contributed by atoms with Crippen LogP contribution in [0.15, 0.2) is 104 Å². The van der Waals surface area contributed by atoms with Gasteiger partial charge < -0.3 is 19.5 Å². The minimum atomic E-state index is -0.467. The van der Waals surface area contributed by atoms with Crippen molar-refractivity contribution < 1.29 is 18.4 Å². The number of thiocarbonyl (C=S) groups is 1. The molecule has 5 rings (SSSR count). The Balaban J connectivity index is 1.16. The summed E-state index contributed by atoms with van der Waals surface area (Å²) in [6, 6.07) is 26.9. The molecule has 3 aromatic carbocycles. The number of nitrogens with one attached hydrogen (secondary N) is 3. The minimum Gasteiger partial charge on any atom is -0.451 e. The molecule has 0 saturated heterocycles. The summed E-state index contributed by atoms with van der Waals surface area (Å²) in [6.45, 7) is 0. The molecule has 0 radical (unpaired) electrons. The van der Waals surface area contributed by atoms with Crippen molar-refractivity contribution in [1.82, 2.24) is 5.32 Å². The first kappa shape index (κ1) is 23.5. The Morgan fingerprint density at radius 3 is 2.14 bits per heavy atom. The van der Waals surface area contributed by atoms with Gasteiger partial charge in [-0.15, -0.1) is 0 Å². The Morgan fingerprint density at radius 1 is 0.722 bits per heavy atom. The van der Waals surface area contributed by atoms with Crippen LogP contribution in [0.5, 0.6) is 0 Å². The molecule has 0 spiro atoms. The van der Waals surface area contributed by atoms with Gasteiger partial charge in [-0.05, 0) is 72.9 Å². The minimum absolute atomic E-state index is 0.112. The van der Waals surface area contributed by atoms with Crippen LogP contribution in [0.4, 0.5) is 11.4 Å². The van der Waals surface area contributed by atoms with Crippen LogP contribution in [0.1, 0.15) is 21.1 Å². The van der Waals surface area contributed by atoms with Crippen molar-refractivity contribution in [2.45, 2.75) is 0 Å². The number of benzene rings is 3. The Kier molecular flexibility index (Phi) is 6.66. The second-order valence-corrected chi connectivity index (χ2v) is 9.08. The molecule has 0 aliphatic rings. The molecule has 0 unspecified atom stereocenters. The van der Waals surface area contributed by atoms with E-state index in [2.05, 4.69) is 31.9 Å². The van der Waals surface area contributed by atoms with Gasteiger partial charge in [0.25, 0.3) is 11.8 Å². The van der Waals surface area contributed by atoms with E-state index in [1.165, 1.54) is 0 Å². The highest BCUT2D eigenvalue weighted by Crippen LogP contribution is 2.24. The lowest BCUT2D eigenvalue weighted by Crippen LogP contribution is -2.33. The average Bonchev–Trinajstić information content (AvgIpc) is 3.53. The number of furan rings is 2. The Labute approximate surface area is 219 Å². The SMILES string of the molecule is O=C(NC(=S)Nc1ccc(NC(=O)c2cc3ccccc3o2)cc1)c1ccc(-c2ccc(Br)cc2)o1. The van der Waals surface area contributed by atoms with Crippen molar-refractivity contribution in [2.75, 3.05) is 10.6 Å². The van der Waals surface area contributed by atoms with Gasteiger partial charge in [0.2, 0.25) is 0 Å². The van der Waals surface area contributed by atoms with Gasteiger partial charge >= 0.3 is 0 Å². The number of para-hydroxylation sites is 1. The zero-order chi connectivity index (χ0) is 25.1. The summed E-state index contributed by atoms with van der Waals surface area (Å²) in [6.07, 6.45) is 0. The topological polar surface area (TPSA) is 96.5 Å². The molecule has 0 aliphatic heterocycles. The van der Waals surface area contributed by atoms with Crippen LogP contribution in [0.2, 0.25) is 0 Å². The number of halogens is 1. The second kappa shape index (κ2) is 10.2. The molecule has 2 aromatic heterocycles. The van der Waals surface area contributed by atoms with Crippen molar-refractivity contribution >= 4 is 67.4 Å². The third-order valence-corrected chi connectivity index (χ3v) is 5.97. The predicted molar refractivity (Wildman–Crippen MR) is 146 cm³/mol. The molecule has 0 aliphatic carbocycles. The second-order valence-electron chi connectivity index (χ2n) is 7.76. The average molecular weight is 560 g/mol. The molecule has 5 aromatic rings. The summed E-state index contributed by atoms with van der Waals surface area (Å²) < 4.78 is 12.2. The fourth-order valence-corrected chi connectivity index (χ4v) is 3.95. The Hall–Kier alpha value is -4.21. The molecule has 7 nitrogen and oxygen atoms in total. The lowest BCUT2D eigenvalue weighted by Gasteiger charge is -2.10. The van der Waals surface area contributed by atoms with Gasteiger partial charge in [0.05, 0.1) is 0 Å². The first-order chi connectivity index (χ1) is 17.4. The normalized spacial score (nSPS) is 10.7. The molecule has 0 saturated carbocycles. The zero-order valence-electron chi connectivity index (χ0n) is 18.6. The standard InChI is InChI=1S/C27H18BrN3O4S/c28-18-7-5-16(6-8-18)22-13-14-23(34-22)25(32)31-27(36)30-20-11-9-19(10-12-20)29-26(33)24-15-17-3-1-2-4-21(17)35-24/h1-15H,(H,29,33)(H2,30,31,32,36). The Bertz CT molecular complexity index is 1540. The number of rotatable bonds is 5. The van der Waals surface area contributed by atoms with Gasteiger partial charge in [-0.2, -0.15) is 0 Å². The maximum Gasteiger partial charge on any atom is 0.293 e. The summed E-state index contributed by atoms with van der Waals surface area (Å²) in [7, 11) is 0. The van der Waals surface area contributed by atoms with E-state index in [-0.39, 0.29) is 22.5 Å². The summed E-state index contributed by atoms with van der Waals surface area (Å²) in [4.78, 5) is 25.0. The number of hydrogen-bond donors (Lipinski definition) is 3. The number of fused-ring (bicyclic) bond motifs is 1. The van der Waals surface area contributed by atoms with Crippen LogP contribution in [-0.4, -0.2) is 16.9 Å². The van der Waals surface area contributed by atoms with Crippen molar-refractivity contribution in [3.05, 3.63) is 107 Å². The molecule has 0 atom stereocenters. The number of carbonyl (C=O) groups is 2. The number of amides is 2. The molecule has 36 heavy (non-hydrogen) atoms. The largest absolute Gasteiger partial charge is 0.451 e. The molecular formula is C27H18BrN3O4S. The van der Waals surface area contributed by atoms with E-state index in [0.717, 1.165) is 15.4 Å². The highest BCUT2D eigenvalue weighted by Gasteiger charge is 2.15. The maximum atomic E-state index is 12.5.